The zero-order valence-corrected chi connectivity index (χ0v) is 10.8. The van der Waals surface area contributed by atoms with Crippen LogP contribution in [0.25, 0.3) is 0 Å². The standard InChI is InChI=1S/C14H13N3O4/c15-10-3-1-2-4-11(10)17-14(21)16-8-5-6-9(13(19)20)12(18)7-8/h1-7,18H,15H2,(H,19,20)(H2,16,17,21). The average Bonchev–Trinajstić information content (AvgIpc) is 2.41. The maximum absolute atomic E-state index is 11.8. The van der Waals surface area contributed by atoms with Gasteiger partial charge in [-0.05, 0) is 24.3 Å². The first-order chi connectivity index (χ1) is 9.97. The fraction of sp³-hybridized carbons (Fsp3) is 0. The number of hydrogen-bond acceptors (Lipinski definition) is 4. The summed E-state index contributed by atoms with van der Waals surface area (Å²) < 4.78 is 0. The number of para-hydroxylation sites is 2. The van der Waals surface area contributed by atoms with E-state index in [1.165, 1.54) is 12.1 Å². The predicted molar refractivity (Wildman–Crippen MR) is 78.6 cm³/mol. The van der Waals surface area contributed by atoms with Crippen molar-refractivity contribution in [2.45, 2.75) is 0 Å². The molecule has 0 radical (unpaired) electrons. The van der Waals surface area contributed by atoms with Gasteiger partial charge in [-0.3, -0.25) is 0 Å². The van der Waals surface area contributed by atoms with Crippen molar-refractivity contribution in [3.8, 4) is 5.75 Å². The van der Waals surface area contributed by atoms with Gasteiger partial charge >= 0.3 is 12.0 Å². The lowest BCUT2D eigenvalue weighted by atomic mass is 10.2. The van der Waals surface area contributed by atoms with Crippen LogP contribution in [0.15, 0.2) is 42.5 Å². The third-order valence-corrected chi connectivity index (χ3v) is 2.69. The van der Waals surface area contributed by atoms with Crippen molar-refractivity contribution < 1.29 is 19.8 Å². The molecule has 108 valence electrons. The molecule has 0 atom stereocenters. The maximum atomic E-state index is 11.8. The van der Waals surface area contributed by atoms with E-state index in [1.54, 1.807) is 24.3 Å². The average molecular weight is 287 g/mol. The summed E-state index contributed by atoms with van der Waals surface area (Å²) in [5, 5.41) is 23.3. The van der Waals surface area contributed by atoms with Crippen LogP contribution in [0.4, 0.5) is 21.9 Å². The number of amides is 2. The number of carbonyl (C=O) groups is 2. The first kappa shape index (κ1) is 14.2. The summed E-state index contributed by atoms with van der Waals surface area (Å²) in [5.41, 5.74) is 6.56. The van der Waals surface area contributed by atoms with Gasteiger partial charge in [0.15, 0.2) is 0 Å². The molecule has 0 aliphatic carbocycles. The Morgan fingerprint density at radius 1 is 1.05 bits per heavy atom. The summed E-state index contributed by atoms with van der Waals surface area (Å²) in [6.07, 6.45) is 0. The van der Waals surface area contributed by atoms with Crippen LogP contribution in [-0.4, -0.2) is 22.2 Å². The van der Waals surface area contributed by atoms with Gasteiger partial charge in [0.25, 0.3) is 0 Å². The number of aromatic hydroxyl groups is 1. The minimum Gasteiger partial charge on any atom is -0.507 e. The molecule has 0 saturated heterocycles. The van der Waals surface area contributed by atoms with Crippen molar-refractivity contribution in [1.29, 1.82) is 0 Å². The SMILES string of the molecule is Nc1ccccc1NC(=O)Nc1ccc(C(=O)O)c(O)c1. The quantitative estimate of drug-likeness (QED) is 0.554. The van der Waals surface area contributed by atoms with E-state index < -0.39 is 17.7 Å². The summed E-state index contributed by atoms with van der Waals surface area (Å²) in [5.74, 6) is -1.68. The zero-order chi connectivity index (χ0) is 15.4. The lowest BCUT2D eigenvalue weighted by Crippen LogP contribution is -2.20. The summed E-state index contributed by atoms with van der Waals surface area (Å²) >= 11 is 0. The number of aromatic carboxylic acids is 1. The molecule has 0 heterocycles. The molecular weight excluding hydrogens is 274 g/mol. The highest BCUT2D eigenvalue weighted by atomic mass is 16.4. The van der Waals surface area contributed by atoms with E-state index in [4.69, 9.17) is 10.8 Å². The lowest BCUT2D eigenvalue weighted by molar-refractivity contribution is 0.0694. The van der Waals surface area contributed by atoms with Gasteiger partial charge in [-0.15, -0.1) is 0 Å². The highest BCUT2D eigenvalue weighted by Gasteiger charge is 2.11. The van der Waals surface area contributed by atoms with Crippen molar-refractivity contribution in [3.63, 3.8) is 0 Å². The van der Waals surface area contributed by atoms with Crippen molar-refractivity contribution in [2.24, 2.45) is 0 Å². The van der Waals surface area contributed by atoms with E-state index in [9.17, 15) is 14.7 Å². The smallest absolute Gasteiger partial charge is 0.339 e. The van der Waals surface area contributed by atoms with Crippen molar-refractivity contribution in [2.75, 3.05) is 16.4 Å². The van der Waals surface area contributed by atoms with Gasteiger partial charge in [0, 0.05) is 11.8 Å². The summed E-state index contributed by atoms with van der Waals surface area (Å²) in [4.78, 5) is 22.5. The fourth-order valence-electron chi connectivity index (χ4n) is 1.69. The van der Waals surface area contributed by atoms with E-state index in [1.807, 2.05) is 0 Å². The Hall–Kier alpha value is -3.22. The maximum Gasteiger partial charge on any atom is 0.339 e. The van der Waals surface area contributed by atoms with E-state index in [0.29, 0.717) is 11.4 Å². The Kier molecular flexibility index (Phi) is 3.94. The van der Waals surface area contributed by atoms with E-state index in [-0.39, 0.29) is 11.3 Å². The van der Waals surface area contributed by atoms with E-state index in [2.05, 4.69) is 10.6 Å². The van der Waals surface area contributed by atoms with Crippen LogP contribution < -0.4 is 16.4 Å². The first-order valence-electron chi connectivity index (χ1n) is 5.96. The molecule has 0 aliphatic rings. The number of carboxylic acid groups (broad SMARTS) is 1. The number of anilines is 3. The Morgan fingerprint density at radius 2 is 1.76 bits per heavy atom. The highest BCUT2D eigenvalue weighted by molar-refractivity contribution is 6.02. The number of phenols is 1. The number of carbonyl (C=O) groups excluding carboxylic acids is 1. The molecule has 0 unspecified atom stereocenters. The van der Waals surface area contributed by atoms with Gasteiger partial charge in [-0.2, -0.15) is 0 Å². The van der Waals surface area contributed by atoms with Crippen molar-refractivity contribution >= 4 is 29.1 Å². The molecule has 0 saturated carbocycles. The largest absolute Gasteiger partial charge is 0.507 e. The van der Waals surface area contributed by atoms with Crippen LogP contribution in [-0.2, 0) is 0 Å². The van der Waals surface area contributed by atoms with Gasteiger partial charge in [0.05, 0.1) is 11.4 Å². The minimum atomic E-state index is -1.25. The summed E-state index contributed by atoms with van der Waals surface area (Å²) in [7, 11) is 0. The minimum absolute atomic E-state index is 0.242. The molecule has 2 rings (SSSR count). The molecule has 0 spiro atoms. The number of nitrogen functional groups attached to an aromatic ring is 1. The van der Waals surface area contributed by atoms with Crippen LogP contribution in [0.3, 0.4) is 0 Å². The second-order valence-electron chi connectivity index (χ2n) is 4.20. The molecule has 0 aliphatic heterocycles. The number of benzene rings is 2. The third kappa shape index (κ3) is 3.41. The molecular formula is C14H13N3O4. The van der Waals surface area contributed by atoms with Crippen LogP contribution in [0, 0.1) is 0 Å². The Labute approximate surface area is 120 Å². The second-order valence-corrected chi connectivity index (χ2v) is 4.20. The van der Waals surface area contributed by atoms with Gasteiger partial charge in [0.2, 0.25) is 0 Å². The summed E-state index contributed by atoms with van der Waals surface area (Å²) in [6, 6.07) is 9.90. The van der Waals surface area contributed by atoms with Gasteiger partial charge in [0.1, 0.15) is 11.3 Å². The van der Waals surface area contributed by atoms with Crippen LogP contribution in [0.1, 0.15) is 10.4 Å². The number of urea groups is 1. The molecule has 7 heteroatoms. The summed E-state index contributed by atoms with van der Waals surface area (Å²) in [6.45, 7) is 0. The fourth-order valence-corrected chi connectivity index (χ4v) is 1.69. The molecule has 2 aromatic carbocycles. The number of hydrogen-bond donors (Lipinski definition) is 5. The Morgan fingerprint density at radius 3 is 2.38 bits per heavy atom. The Balaban J connectivity index is 2.08. The second kappa shape index (κ2) is 5.83. The topological polar surface area (TPSA) is 125 Å². The number of nitrogens with two attached hydrogens (primary N) is 1. The van der Waals surface area contributed by atoms with Gasteiger partial charge in [-0.1, -0.05) is 12.1 Å². The molecule has 6 N–H and O–H groups in total. The van der Waals surface area contributed by atoms with Crippen LogP contribution in [0.5, 0.6) is 5.75 Å². The first-order valence-corrected chi connectivity index (χ1v) is 5.96. The monoisotopic (exact) mass is 287 g/mol. The van der Waals surface area contributed by atoms with Gasteiger partial charge in [-0.25, -0.2) is 9.59 Å². The zero-order valence-electron chi connectivity index (χ0n) is 10.8. The molecule has 2 amide bonds. The van der Waals surface area contributed by atoms with Crippen molar-refractivity contribution in [1.82, 2.24) is 0 Å². The number of nitrogens with one attached hydrogen (secondary N) is 2. The molecule has 0 fully saturated rings. The molecule has 2 aromatic rings. The van der Waals surface area contributed by atoms with E-state index >= 15 is 0 Å². The third-order valence-electron chi connectivity index (χ3n) is 2.69. The predicted octanol–water partition coefficient (Wildman–Crippen LogP) is 2.32. The van der Waals surface area contributed by atoms with Crippen molar-refractivity contribution in [3.05, 3.63) is 48.0 Å². The molecule has 0 bridgehead atoms. The van der Waals surface area contributed by atoms with E-state index in [0.717, 1.165) is 6.07 Å². The lowest BCUT2D eigenvalue weighted by Gasteiger charge is -2.10. The highest BCUT2D eigenvalue weighted by Crippen LogP contribution is 2.22. The van der Waals surface area contributed by atoms with Crippen LogP contribution in [0.2, 0.25) is 0 Å². The number of rotatable bonds is 3. The normalized spacial score (nSPS) is 9.90. The molecule has 21 heavy (non-hydrogen) atoms. The van der Waals surface area contributed by atoms with Gasteiger partial charge < -0.3 is 26.6 Å². The molecule has 0 aromatic heterocycles. The van der Waals surface area contributed by atoms with Crippen LogP contribution >= 0.6 is 0 Å². The number of carboxylic acids is 1. The Bertz CT molecular complexity index is 700. The molecule has 7 nitrogen and oxygen atoms in total.